The maximum atomic E-state index is 11.4. The zero-order valence-corrected chi connectivity index (χ0v) is 9.47. The third-order valence-electron chi connectivity index (χ3n) is 1.78. The van der Waals surface area contributed by atoms with Crippen molar-refractivity contribution in [3.05, 3.63) is 54.4 Å². The summed E-state index contributed by atoms with van der Waals surface area (Å²) in [4.78, 5) is 15.8. The topological polar surface area (TPSA) is 73.6 Å². The van der Waals surface area contributed by atoms with Gasteiger partial charge in [0.15, 0.2) is 0 Å². The van der Waals surface area contributed by atoms with Crippen LogP contribution < -0.4 is 16.0 Å². The summed E-state index contributed by atoms with van der Waals surface area (Å²) in [5.74, 6) is 5.80. The van der Waals surface area contributed by atoms with Crippen LogP contribution in [0.2, 0.25) is 0 Å². The minimum atomic E-state index is -0.623. The van der Waals surface area contributed by atoms with Gasteiger partial charge in [-0.15, -0.1) is 0 Å². The molecule has 0 aliphatic rings. The van der Waals surface area contributed by atoms with Gasteiger partial charge in [0, 0.05) is 11.8 Å². The summed E-state index contributed by atoms with van der Waals surface area (Å²) in [5.41, 5.74) is 0.328. The predicted octanol–water partition coefficient (Wildman–Crippen LogP) is 2.08. The molecule has 1 amide bonds. The van der Waals surface area contributed by atoms with E-state index in [1.165, 1.54) is 6.08 Å². The third kappa shape index (κ3) is 4.85. The number of nitrogens with two attached hydrogens (primary N) is 1. The smallest absolute Gasteiger partial charge is 0.416 e. The van der Waals surface area contributed by atoms with Crippen LogP contribution in [-0.2, 0) is 4.84 Å². The van der Waals surface area contributed by atoms with E-state index in [4.69, 9.17) is 10.6 Å². The molecule has 5 nitrogen and oxygen atoms in total. The summed E-state index contributed by atoms with van der Waals surface area (Å²) in [6.07, 6.45) is 0.856. The van der Waals surface area contributed by atoms with Gasteiger partial charge in [0.2, 0.25) is 0 Å². The lowest BCUT2D eigenvalue weighted by Crippen LogP contribution is -2.25. The number of nitrogens with one attached hydrogen (secondary N) is 1. The van der Waals surface area contributed by atoms with Crippen LogP contribution in [0.3, 0.4) is 0 Å². The number of rotatable bonds is 4. The summed E-state index contributed by atoms with van der Waals surface area (Å²) >= 11 is 0. The minimum absolute atomic E-state index is 0.328. The second kappa shape index (κ2) is 6.34. The number of para-hydroxylation sites is 1. The van der Waals surface area contributed by atoms with Crippen molar-refractivity contribution < 1.29 is 14.4 Å². The van der Waals surface area contributed by atoms with E-state index in [1.54, 1.807) is 31.2 Å². The molecule has 5 heteroatoms. The Morgan fingerprint density at radius 1 is 1.41 bits per heavy atom. The predicted molar refractivity (Wildman–Crippen MR) is 63.8 cm³/mol. The molecule has 0 unspecified atom stereocenters. The minimum Gasteiger partial charge on any atom is -0.416 e. The highest BCUT2D eigenvalue weighted by atomic mass is 16.6. The Kier molecular flexibility index (Phi) is 4.77. The van der Waals surface area contributed by atoms with Crippen LogP contribution in [0.4, 0.5) is 4.79 Å². The van der Waals surface area contributed by atoms with Gasteiger partial charge < -0.3 is 9.57 Å². The van der Waals surface area contributed by atoms with Crippen molar-refractivity contribution >= 4 is 6.09 Å². The number of carbonyl (C=O) groups is 1. The summed E-state index contributed by atoms with van der Waals surface area (Å²) in [5, 5.41) is 2.43. The summed E-state index contributed by atoms with van der Waals surface area (Å²) < 4.78 is 4.99. The first-order chi connectivity index (χ1) is 8.11. The fourth-order valence-electron chi connectivity index (χ4n) is 1.07. The first kappa shape index (κ1) is 12.8. The Morgan fingerprint density at radius 2 is 2.06 bits per heavy atom. The largest absolute Gasteiger partial charge is 0.417 e. The first-order valence-corrected chi connectivity index (χ1v) is 4.89. The monoisotopic (exact) mass is 234 g/mol. The summed E-state index contributed by atoms with van der Waals surface area (Å²) in [6.45, 7) is 5.23. The standard InChI is InChI=1S/C12H14N2O3/c1-9(8-10(2)17-13)14-12(15)16-11-6-4-3-5-7-11/h3-8H,1,13H2,2H3,(H,14,15)/b10-8-. The van der Waals surface area contributed by atoms with Crippen LogP contribution in [0.1, 0.15) is 6.92 Å². The average Bonchev–Trinajstić information content (AvgIpc) is 2.29. The van der Waals surface area contributed by atoms with Crippen molar-refractivity contribution in [2.75, 3.05) is 0 Å². The fourth-order valence-corrected chi connectivity index (χ4v) is 1.07. The third-order valence-corrected chi connectivity index (χ3v) is 1.78. The Bertz CT molecular complexity index is 427. The van der Waals surface area contributed by atoms with E-state index in [-0.39, 0.29) is 0 Å². The van der Waals surface area contributed by atoms with Gasteiger partial charge in [-0.25, -0.2) is 4.79 Å². The van der Waals surface area contributed by atoms with Gasteiger partial charge >= 0.3 is 6.09 Å². The number of ether oxygens (including phenoxy) is 1. The van der Waals surface area contributed by atoms with Crippen LogP contribution in [0.5, 0.6) is 5.75 Å². The molecule has 3 N–H and O–H groups in total. The van der Waals surface area contributed by atoms with Crippen molar-refractivity contribution in [2.24, 2.45) is 5.90 Å². The molecule has 0 heterocycles. The lowest BCUT2D eigenvalue weighted by Gasteiger charge is -2.06. The molecule has 0 bridgehead atoms. The Hall–Kier alpha value is -2.27. The molecule has 1 aromatic rings. The van der Waals surface area contributed by atoms with Crippen molar-refractivity contribution in [3.63, 3.8) is 0 Å². The maximum Gasteiger partial charge on any atom is 0.417 e. The molecule has 0 saturated heterocycles. The molecule has 0 spiro atoms. The van der Waals surface area contributed by atoms with Gasteiger partial charge in [-0.3, -0.25) is 5.32 Å². The van der Waals surface area contributed by atoms with Gasteiger partial charge in [-0.2, -0.15) is 5.90 Å². The first-order valence-electron chi connectivity index (χ1n) is 4.89. The van der Waals surface area contributed by atoms with E-state index in [9.17, 15) is 4.79 Å². The van der Waals surface area contributed by atoms with Gasteiger partial charge in [0.05, 0.1) is 0 Å². The molecular formula is C12H14N2O3. The summed E-state index contributed by atoms with van der Waals surface area (Å²) in [6, 6.07) is 8.71. The molecular weight excluding hydrogens is 220 g/mol. The molecule has 0 aliphatic carbocycles. The van der Waals surface area contributed by atoms with Gasteiger partial charge in [0.25, 0.3) is 0 Å². The quantitative estimate of drug-likeness (QED) is 0.475. The van der Waals surface area contributed by atoms with E-state index < -0.39 is 6.09 Å². The van der Waals surface area contributed by atoms with Crippen molar-refractivity contribution in [1.82, 2.24) is 5.32 Å². The zero-order chi connectivity index (χ0) is 12.7. The van der Waals surface area contributed by atoms with Gasteiger partial charge in [-0.05, 0) is 19.1 Å². The zero-order valence-electron chi connectivity index (χ0n) is 9.47. The van der Waals surface area contributed by atoms with E-state index in [0.29, 0.717) is 17.2 Å². The molecule has 0 aliphatic heterocycles. The van der Waals surface area contributed by atoms with Crippen LogP contribution in [0.15, 0.2) is 54.4 Å². The fraction of sp³-hybridized carbons (Fsp3) is 0.0833. The lowest BCUT2D eigenvalue weighted by atomic mass is 10.3. The Morgan fingerprint density at radius 3 is 2.65 bits per heavy atom. The average molecular weight is 234 g/mol. The van der Waals surface area contributed by atoms with Crippen molar-refractivity contribution in [3.8, 4) is 5.75 Å². The number of allylic oxidation sites excluding steroid dienone is 2. The van der Waals surface area contributed by atoms with E-state index in [0.717, 1.165) is 0 Å². The number of benzene rings is 1. The SMILES string of the molecule is C=C(/C=C(/C)ON)NC(=O)Oc1ccccc1. The molecule has 0 saturated carbocycles. The van der Waals surface area contributed by atoms with E-state index in [1.807, 2.05) is 6.07 Å². The van der Waals surface area contributed by atoms with Crippen LogP contribution >= 0.6 is 0 Å². The lowest BCUT2D eigenvalue weighted by molar-refractivity contribution is 0.203. The number of carbonyl (C=O) groups excluding carboxylic acids is 1. The number of hydrogen-bond acceptors (Lipinski definition) is 4. The van der Waals surface area contributed by atoms with Gasteiger partial charge in [0.1, 0.15) is 11.5 Å². The van der Waals surface area contributed by atoms with E-state index >= 15 is 0 Å². The second-order valence-electron chi connectivity index (χ2n) is 3.23. The summed E-state index contributed by atoms with van der Waals surface area (Å²) in [7, 11) is 0. The number of hydrogen-bond donors (Lipinski definition) is 2. The molecule has 1 rings (SSSR count). The number of amides is 1. The Labute approximate surface area is 99.5 Å². The van der Waals surface area contributed by atoms with Gasteiger partial charge in [-0.1, -0.05) is 24.8 Å². The highest BCUT2D eigenvalue weighted by Gasteiger charge is 2.04. The van der Waals surface area contributed by atoms with Crippen LogP contribution in [0.25, 0.3) is 0 Å². The molecule has 0 aromatic heterocycles. The molecule has 0 radical (unpaired) electrons. The molecule has 90 valence electrons. The van der Waals surface area contributed by atoms with Crippen molar-refractivity contribution in [2.45, 2.75) is 6.92 Å². The molecule has 0 fully saturated rings. The molecule has 0 atom stereocenters. The molecule has 1 aromatic carbocycles. The highest BCUT2D eigenvalue weighted by Crippen LogP contribution is 2.08. The normalized spacial score (nSPS) is 10.6. The molecule has 17 heavy (non-hydrogen) atoms. The second-order valence-corrected chi connectivity index (χ2v) is 3.23. The highest BCUT2D eigenvalue weighted by molar-refractivity contribution is 5.72. The van der Waals surface area contributed by atoms with Crippen LogP contribution in [0, 0.1) is 0 Å². The van der Waals surface area contributed by atoms with E-state index in [2.05, 4.69) is 16.7 Å². The maximum absolute atomic E-state index is 11.4. The van der Waals surface area contributed by atoms with Crippen LogP contribution in [-0.4, -0.2) is 6.09 Å². The van der Waals surface area contributed by atoms with Crippen molar-refractivity contribution in [1.29, 1.82) is 0 Å². The Balaban J connectivity index is 2.48.